The molecule has 0 fully saturated rings. The van der Waals surface area contributed by atoms with Gasteiger partial charge in [-0.25, -0.2) is 13.4 Å². The average molecular weight is 390 g/mol. The fraction of sp³-hybridized carbons (Fsp3) is 0.368. The highest BCUT2D eigenvalue weighted by atomic mass is 32.2. The lowest BCUT2D eigenvalue weighted by molar-refractivity contribution is 0.602. The number of aromatic nitrogens is 1. The van der Waals surface area contributed by atoms with Crippen molar-refractivity contribution in [2.45, 2.75) is 17.9 Å². The Balaban J connectivity index is 1.83. The van der Waals surface area contributed by atoms with E-state index >= 15 is 0 Å². The highest BCUT2D eigenvalue weighted by Crippen LogP contribution is 2.10. The molecule has 7 nitrogen and oxygen atoms in total. The monoisotopic (exact) mass is 389 g/mol. The molecule has 0 unspecified atom stereocenters. The number of hydrogen-bond acceptors (Lipinski definition) is 5. The lowest BCUT2D eigenvalue weighted by Gasteiger charge is -2.14. The Morgan fingerprint density at radius 1 is 1.11 bits per heavy atom. The quantitative estimate of drug-likeness (QED) is 0.551. The van der Waals surface area contributed by atoms with Crippen LogP contribution in [0.2, 0.25) is 0 Å². The number of rotatable bonds is 7. The molecule has 0 aliphatic carbocycles. The molecular weight excluding hydrogens is 362 g/mol. The molecule has 0 saturated heterocycles. The van der Waals surface area contributed by atoms with E-state index in [0.29, 0.717) is 23.9 Å². The molecule has 1 aromatic heterocycles. The minimum absolute atomic E-state index is 0.337. The van der Waals surface area contributed by atoms with Crippen molar-refractivity contribution < 1.29 is 8.42 Å². The van der Waals surface area contributed by atoms with Crippen molar-refractivity contribution in [2.24, 2.45) is 4.99 Å². The normalized spacial score (nSPS) is 11.9. The van der Waals surface area contributed by atoms with Crippen molar-refractivity contribution >= 4 is 21.6 Å². The number of guanidine groups is 1. The van der Waals surface area contributed by atoms with E-state index in [1.807, 2.05) is 49.3 Å². The van der Waals surface area contributed by atoms with Gasteiger partial charge >= 0.3 is 0 Å². The van der Waals surface area contributed by atoms with Gasteiger partial charge in [-0.05, 0) is 36.2 Å². The van der Waals surface area contributed by atoms with Crippen LogP contribution >= 0.6 is 0 Å². The Labute approximate surface area is 161 Å². The van der Waals surface area contributed by atoms with Crippen LogP contribution in [0.25, 0.3) is 0 Å². The summed E-state index contributed by atoms with van der Waals surface area (Å²) in [7, 11) is 2.49. The first-order valence-electron chi connectivity index (χ1n) is 8.66. The van der Waals surface area contributed by atoms with Crippen LogP contribution in [0.1, 0.15) is 11.3 Å². The Morgan fingerprint density at radius 2 is 1.81 bits per heavy atom. The number of nitrogens with zero attached hydrogens (tertiary/aromatic N) is 3. The van der Waals surface area contributed by atoms with Crippen LogP contribution in [0.3, 0.4) is 0 Å². The zero-order valence-electron chi connectivity index (χ0n) is 16.2. The lowest BCUT2D eigenvalue weighted by atomic mass is 10.1. The first kappa shape index (κ1) is 20.7. The summed E-state index contributed by atoms with van der Waals surface area (Å²) < 4.78 is 23.0. The van der Waals surface area contributed by atoms with Crippen LogP contribution < -0.4 is 15.5 Å². The summed E-state index contributed by atoms with van der Waals surface area (Å²) >= 11 is 0. The molecule has 2 rings (SSSR count). The molecule has 1 aromatic carbocycles. The second-order valence-corrected chi connectivity index (χ2v) is 8.42. The van der Waals surface area contributed by atoms with Crippen LogP contribution in [-0.2, 0) is 22.8 Å². The molecule has 2 aromatic rings. The smallest absolute Gasteiger partial charge is 0.191 e. The van der Waals surface area contributed by atoms with Gasteiger partial charge in [0.25, 0.3) is 0 Å². The Bertz CT molecular complexity index is 877. The number of sulfone groups is 1. The average Bonchev–Trinajstić information content (AvgIpc) is 2.64. The van der Waals surface area contributed by atoms with Crippen molar-refractivity contribution in [1.82, 2.24) is 15.6 Å². The fourth-order valence-corrected chi connectivity index (χ4v) is 3.07. The topological polar surface area (TPSA) is 86.7 Å². The molecule has 0 aliphatic rings. The molecule has 0 amide bonds. The van der Waals surface area contributed by atoms with Gasteiger partial charge < -0.3 is 15.5 Å². The van der Waals surface area contributed by atoms with Crippen molar-refractivity contribution in [3.63, 3.8) is 0 Å². The summed E-state index contributed by atoms with van der Waals surface area (Å²) in [6, 6.07) is 12.9. The zero-order chi connectivity index (χ0) is 19.9. The molecule has 0 radical (unpaired) electrons. The maximum atomic E-state index is 11.5. The van der Waals surface area contributed by atoms with Crippen molar-refractivity contribution in [2.75, 3.05) is 38.8 Å². The first-order chi connectivity index (χ1) is 12.8. The SMILES string of the molecule is CN=C(NCCc1ccc(S(C)(=O)=O)cc1)NCc1cccc(N(C)C)n1. The number of pyridine rings is 1. The van der Waals surface area contributed by atoms with Crippen molar-refractivity contribution in [3.05, 3.63) is 53.7 Å². The van der Waals surface area contributed by atoms with Gasteiger partial charge in [-0.1, -0.05) is 18.2 Å². The lowest BCUT2D eigenvalue weighted by Crippen LogP contribution is -2.38. The number of anilines is 1. The number of aliphatic imine (C=N–C) groups is 1. The van der Waals surface area contributed by atoms with Gasteiger partial charge in [0.2, 0.25) is 0 Å². The van der Waals surface area contributed by atoms with Crippen molar-refractivity contribution in [3.8, 4) is 0 Å². The van der Waals surface area contributed by atoms with E-state index in [-0.39, 0.29) is 0 Å². The highest BCUT2D eigenvalue weighted by Gasteiger charge is 2.06. The molecule has 2 N–H and O–H groups in total. The summed E-state index contributed by atoms with van der Waals surface area (Å²) in [6.45, 7) is 1.26. The molecule has 146 valence electrons. The molecule has 27 heavy (non-hydrogen) atoms. The van der Waals surface area contributed by atoms with Gasteiger partial charge in [-0.2, -0.15) is 0 Å². The largest absolute Gasteiger partial charge is 0.363 e. The van der Waals surface area contributed by atoms with Crippen LogP contribution in [0.5, 0.6) is 0 Å². The number of benzene rings is 1. The van der Waals surface area contributed by atoms with Gasteiger partial charge in [0.05, 0.1) is 17.1 Å². The molecule has 0 saturated carbocycles. The van der Waals surface area contributed by atoms with E-state index in [4.69, 9.17) is 0 Å². The maximum Gasteiger partial charge on any atom is 0.191 e. The van der Waals surface area contributed by atoms with Gasteiger partial charge in [0, 0.05) is 33.9 Å². The summed E-state index contributed by atoms with van der Waals surface area (Å²) in [5.74, 6) is 1.61. The van der Waals surface area contributed by atoms with E-state index in [0.717, 1.165) is 23.5 Å². The Kier molecular flexibility index (Phi) is 7.18. The Hall–Kier alpha value is -2.61. The third kappa shape index (κ3) is 6.56. The third-order valence-corrected chi connectivity index (χ3v) is 5.10. The second kappa shape index (κ2) is 9.36. The minimum Gasteiger partial charge on any atom is -0.363 e. The summed E-state index contributed by atoms with van der Waals surface area (Å²) in [5, 5.41) is 6.50. The standard InChI is InChI=1S/C19H27N5O2S/c1-20-19(22-14-16-6-5-7-18(23-16)24(2)3)21-13-12-15-8-10-17(11-9-15)27(4,25)26/h5-11H,12-14H2,1-4H3,(H2,20,21,22). The first-order valence-corrected chi connectivity index (χ1v) is 10.6. The maximum absolute atomic E-state index is 11.5. The van der Waals surface area contributed by atoms with Crippen LogP contribution in [0.15, 0.2) is 52.4 Å². The van der Waals surface area contributed by atoms with E-state index in [9.17, 15) is 8.42 Å². The molecule has 0 spiro atoms. The second-order valence-electron chi connectivity index (χ2n) is 6.40. The molecular formula is C19H27N5O2S. The van der Waals surface area contributed by atoms with Crippen molar-refractivity contribution in [1.29, 1.82) is 0 Å². The van der Waals surface area contributed by atoms with E-state index < -0.39 is 9.84 Å². The number of nitrogens with one attached hydrogen (secondary N) is 2. The molecule has 1 heterocycles. The summed E-state index contributed by atoms with van der Waals surface area (Å²) in [4.78, 5) is 11.1. The highest BCUT2D eigenvalue weighted by molar-refractivity contribution is 7.90. The zero-order valence-corrected chi connectivity index (χ0v) is 17.0. The van der Waals surface area contributed by atoms with Gasteiger partial charge in [-0.15, -0.1) is 0 Å². The molecule has 0 atom stereocenters. The van der Waals surface area contributed by atoms with Gasteiger partial charge in [-0.3, -0.25) is 4.99 Å². The van der Waals surface area contributed by atoms with E-state index in [1.54, 1.807) is 19.2 Å². The van der Waals surface area contributed by atoms with Crippen LogP contribution in [-0.4, -0.2) is 53.3 Å². The summed E-state index contributed by atoms with van der Waals surface area (Å²) in [6.07, 6.45) is 1.97. The molecule has 8 heteroatoms. The van der Waals surface area contributed by atoms with Crippen LogP contribution in [0, 0.1) is 0 Å². The molecule has 0 aliphatic heterocycles. The van der Waals surface area contributed by atoms with Gasteiger partial charge in [0.15, 0.2) is 15.8 Å². The molecule has 0 bridgehead atoms. The fourth-order valence-electron chi connectivity index (χ4n) is 2.44. The Morgan fingerprint density at radius 3 is 2.41 bits per heavy atom. The third-order valence-electron chi connectivity index (χ3n) is 3.97. The predicted octanol–water partition coefficient (Wildman–Crippen LogP) is 1.46. The predicted molar refractivity (Wildman–Crippen MR) is 110 cm³/mol. The number of hydrogen-bond donors (Lipinski definition) is 2. The van der Waals surface area contributed by atoms with E-state index in [2.05, 4.69) is 20.6 Å². The van der Waals surface area contributed by atoms with Gasteiger partial charge in [0.1, 0.15) is 5.82 Å². The van der Waals surface area contributed by atoms with Crippen LogP contribution in [0.4, 0.5) is 5.82 Å². The summed E-state index contributed by atoms with van der Waals surface area (Å²) in [5.41, 5.74) is 1.99. The minimum atomic E-state index is -3.15. The van der Waals surface area contributed by atoms with E-state index in [1.165, 1.54) is 6.26 Å².